The van der Waals surface area contributed by atoms with Crippen LogP contribution in [0.2, 0.25) is 0 Å². The van der Waals surface area contributed by atoms with Crippen LogP contribution in [0.15, 0.2) is 0 Å². The maximum atomic E-state index is 13.9. The number of Topliss-reactive ketones (excluding diaryl/α,β-unsaturated/α-hetero) is 1. The van der Waals surface area contributed by atoms with Gasteiger partial charge in [0.2, 0.25) is 17.6 Å². The molecule has 1 aliphatic carbocycles. The summed E-state index contributed by atoms with van der Waals surface area (Å²) >= 11 is 0. The zero-order chi connectivity index (χ0) is 29.2. The molecule has 5 atom stereocenters. The SMILES string of the molecule is CCC[C@@H](NC(=O)[C@@H]1C2C(CN1C(=O)[C@@H](NC(=O)OC(C)(C)C)C(C)(C)C)C2(C)C)C(=O)C(=O)NOCC. The van der Waals surface area contributed by atoms with E-state index in [0.717, 1.165) is 0 Å². The Morgan fingerprint density at radius 3 is 2.11 bits per heavy atom. The highest BCUT2D eigenvalue weighted by Gasteiger charge is 2.69. The molecule has 0 aromatic heterocycles. The molecule has 0 aromatic carbocycles. The van der Waals surface area contributed by atoms with E-state index < -0.39 is 52.8 Å². The first kappa shape index (κ1) is 31.5. The smallest absolute Gasteiger partial charge is 0.408 e. The highest BCUT2D eigenvalue weighted by molar-refractivity contribution is 6.38. The van der Waals surface area contributed by atoms with Crippen LogP contribution in [0.1, 0.15) is 82.1 Å². The summed E-state index contributed by atoms with van der Waals surface area (Å²) in [4.78, 5) is 71.5. The molecule has 1 saturated heterocycles. The number of ether oxygens (including phenoxy) is 1. The predicted molar refractivity (Wildman–Crippen MR) is 140 cm³/mol. The Bertz CT molecular complexity index is 935. The predicted octanol–water partition coefficient (Wildman–Crippen LogP) is 2.33. The van der Waals surface area contributed by atoms with Gasteiger partial charge in [0.25, 0.3) is 0 Å². The molecule has 11 heteroatoms. The average Bonchev–Trinajstić information content (AvgIpc) is 3.11. The Kier molecular flexibility index (Phi) is 9.62. The standard InChI is InChI=1S/C27H46N4O7/c1-11-13-16(19(32)22(34)30-37-12-2)28-21(33)18-17-15(27(17,9)10)14-31(18)23(35)20(25(3,4)5)29-24(36)38-26(6,7)8/h15-18,20H,11-14H2,1-10H3,(H,28,33)(H,29,36)(H,30,34)/t15?,16-,17?,18+,20-/m1/s1. The minimum Gasteiger partial charge on any atom is -0.444 e. The minimum absolute atomic E-state index is 0.103. The number of nitrogens with zero attached hydrogens (tertiary/aromatic N) is 1. The van der Waals surface area contributed by atoms with E-state index >= 15 is 0 Å². The third-order valence-electron chi connectivity index (χ3n) is 7.28. The van der Waals surface area contributed by atoms with Crippen molar-refractivity contribution < 1.29 is 33.5 Å². The summed E-state index contributed by atoms with van der Waals surface area (Å²) in [6.45, 7) is 18.8. The van der Waals surface area contributed by atoms with Gasteiger partial charge in [-0.15, -0.1) is 0 Å². The van der Waals surface area contributed by atoms with Crippen LogP contribution >= 0.6 is 0 Å². The second-order valence-electron chi connectivity index (χ2n) is 12.9. The Labute approximate surface area is 226 Å². The van der Waals surface area contributed by atoms with Crippen molar-refractivity contribution in [3.8, 4) is 0 Å². The molecule has 0 bridgehead atoms. The number of alkyl carbamates (subject to hydrolysis) is 1. The molecule has 1 saturated carbocycles. The summed E-state index contributed by atoms with van der Waals surface area (Å²) in [6.07, 6.45) is 0.0907. The van der Waals surface area contributed by atoms with Gasteiger partial charge in [-0.1, -0.05) is 48.0 Å². The van der Waals surface area contributed by atoms with Gasteiger partial charge in [-0.25, -0.2) is 10.3 Å². The van der Waals surface area contributed by atoms with Crippen LogP contribution in [0.4, 0.5) is 4.79 Å². The topological polar surface area (TPSA) is 143 Å². The number of nitrogens with one attached hydrogen (secondary N) is 3. The van der Waals surface area contributed by atoms with Crippen molar-refractivity contribution in [3.63, 3.8) is 0 Å². The van der Waals surface area contributed by atoms with E-state index in [2.05, 4.69) is 30.0 Å². The monoisotopic (exact) mass is 538 g/mol. The number of amides is 4. The van der Waals surface area contributed by atoms with Crippen molar-refractivity contribution in [1.82, 2.24) is 21.0 Å². The van der Waals surface area contributed by atoms with E-state index in [-0.39, 0.29) is 36.2 Å². The lowest BCUT2D eigenvalue weighted by atomic mass is 9.85. The van der Waals surface area contributed by atoms with Gasteiger partial charge in [-0.2, -0.15) is 0 Å². The Hall–Kier alpha value is -2.69. The fraction of sp³-hybridized carbons (Fsp3) is 0.815. The van der Waals surface area contributed by atoms with Gasteiger partial charge in [-0.3, -0.25) is 24.0 Å². The van der Waals surface area contributed by atoms with E-state index in [1.165, 1.54) is 4.90 Å². The van der Waals surface area contributed by atoms with Crippen molar-refractivity contribution in [2.45, 2.75) is 106 Å². The van der Waals surface area contributed by atoms with E-state index in [9.17, 15) is 24.0 Å². The largest absolute Gasteiger partial charge is 0.444 e. The van der Waals surface area contributed by atoms with Gasteiger partial charge in [0, 0.05) is 6.54 Å². The van der Waals surface area contributed by atoms with Crippen LogP contribution in [-0.2, 0) is 28.8 Å². The number of hydroxylamine groups is 1. The molecule has 2 aliphatic rings. The maximum absolute atomic E-state index is 13.9. The number of rotatable bonds is 10. The number of likely N-dealkylation sites (tertiary alicyclic amines) is 1. The highest BCUT2D eigenvalue weighted by atomic mass is 16.6. The van der Waals surface area contributed by atoms with Gasteiger partial charge in [-0.05, 0) is 56.8 Å². The molecule has 0 spiro atoms. The Morgan fingerprint density at radius 2 is 1.61 bits per heavy atom. The molecule has 2 rings (SSSR count). The van der Waals surface area contributed by atoms with Crippen LogP contribution in [-0.4, -0.2) is 71.4 Å². The average molecular weight is 539 g/mol. The highest BCUT2D eigenvalue weighted by Crippen LogP contribution is 2.65. The first-order valence-electron chi connectivity index (χ1n) is 13.4. The van der Waals surface area contributed by atoms with Gasteiger partial charge < -0.3 is 20.3 Å². The van der Waals surface area contributed by atoms with Crippen molar-refractivity contribution >= 4 is 29.6 Å². The number of ketones is 1. The fourth-order valence-corrected chi connectivity index (χ4v) is 5.21. The van der Waals surface area contributed by atoms with E-state index in [4.69, 9.17) is 9.57 Å². The molecular formula is C27H46N4O7. The van der Waals surface area contributed by atoms with Gasteiger partial charge >= 0.3 is 12.0 Å². The van der Waals surface area contributed by atoms with Crippen LogP contribution in [0, 0.1) is 22.7 Å². The quantitative estimate of drug-likeness (QED) is 0.286. The van der Waals surface area contributed by atoms with Gasteiger partial charge in [0.1, 0.15) is 17.7 Å². The lowest BCUT2D eigenvalue weighted by Gasteiger charge is -2.38. The minimum atomic E-state index is -1.05. The first-order valence-corrected chi connectivity index (χ1v) is 13.4. The second-order valence-corrected chi connectivity index (χ2v) is 12.9. The molecule has 3 N–H and O–H groups in total. The molecule has 1 aliphatic heterocycles. The Balaban J connectivity index is 2.29. The first-order chi connectivity index (χ1) is 17.4. The molecule has 216 valence electrons. The second kappa shape index (κ2) is 11.6. The zero-order valence-electron chi connectivity index (χ0n) is 24.5. The third kappa shape index (κ3) is 7.24. The molecular weight excluding hydrogens is 492 g/mol. The number of carbonyl (C=O) groups is 5. The lowest BCUT2D eigenvalue weighted by Crippen LogP contribution is -2.60. The van der Waals surface area contributed by atoms with Gasteiger partial charge in [0.05, 0.1) is 12.6 Å². The Morgan fingerprint density at radius 1 is 1.00 bits per heavy atom. The molecule has 4 amide bonds. The summed E-state index contributed by atoms with van der Waals surface area (Å²) in [7, 11) is 0. The zero-order valence-corrected chi connectivity index (χ0v) is 24.5. The number of carbonyl (C=O) groups excluding carboxylic acids is 5. The summed E-state index contributed by atoms with van der Waals surface area (Å²) < 4.78 is 5.38. The van der Waals surface area contributed by atoms with Crippen LogP contribution in [0.25, 0.3) is 0 Å². The molecule has 2 unspecified atom stereocenters. The maximum Gasteiger partial charge on any atom is 0.408 e. The molecule has 0 aromatic rings. The summed E-state index contributed by atoms with van der Waals surface area (Å²) in [6, 6.07) is -2.84. The van der Waals surface area contributed by atoms with Crippen LogP contribution in [0.5, 0.6) is 0 Å². The molecule has 2 fully saturated rings. The van der Waals surface area contributed by atoms with E-state index in [0.29, 0.717) is 13.0 Å². The van der Waals surface area contributed by atoms with E-state index in [1.807, 2.05) is 27.7 Å². The van der Waals surface area contributed by atoms with Crippen LogP contribution in [0.3, 0.4) is 0 Å². The summed E-state index contributed by atoms with van der Waals surface area (Å²) in [5.41, 5.74) is 0.504. The van der Waals surface area contributed by atoms with Crippen molar-refractivity contribution in [3.05, 3.63) is 0 Å². The van der Waals surface area contributed by atoms with Crippen LogP contribution < -0.4 is 16.1 Å². The van der Waals surface area contributed by atoms with Crippen molar-refractivity contribution in [2.24, 2.45) is 22.7 Å². The molecule has 11 nitrogen and oxygen atoms in total. The fourth-order valence-electron chi connectivity index (χ4n) is 5.21. The van der Waals surface area contributed by atoms with E-state index in [1.54, 1.807) is 27.7 Å². The third-order valence-corrected chi connectivity index (χ3v) is 7.28. The van der Waals surface area contributed by atoms with Crippen molar-refractivity contribution in [1.29, 1.82) is 0 Å². The van der Waals surface area contributed by atoms with Crippen molar-refractivity contribution in [2.75, 3.05) is 13.2 Å². The molecule has 1 heterocycles. The molecule has 0 radical (unpaired) electrons. The summed E-state index contributed by atoms with van der Waals surface area (Å²) in [5.74, 6) is -2.63. The summed E-state index contributed by atoms with van der Waals surface area (Å²) in [5, 5.41) is 5.44. The molecule has 38 heavy (non-hydrogen) atoms. The number of fused-ring (bicyclic) bond motifs is 1. The number of hydrogen-bond acceptors (Lipinski definition) is 7. The van der Waals surface area contributed by atoms with Gasteiger partial charge in [0.15, 0.2) is 0 Å². The number of hydrogen-bond donors (Lipinski definition) is 3. The lowest BCUT2D eigenvalue weighted by molar-refractivity contribution is -0.148. The normalized spacial score (nSPS) is 23.5. The number of piperidine rings is 1.